The fourth-order valence-electron chi connectivity index (χ4n) is 2.05. The summed E-state index contributed by atoms with van der Waals surface area (Å²) in [4.78, 5) is 4.05. The molecule has 1 aromatic heterocycles. The molecule has 0 amide bonds. The molecule has 1 unspecified atom stereocenters. The fourth-order valence-corrected chi connectivity index (χ4v) is 2.77. The summed E-state index contributed by atoms with van der Waals surface area (Å²) in [6, 6.07) is 4.98. The predicted octanol–water partition coefficient (Wildman–Crippen LogP) is 2.32. The van der Waals surface area contributed by atoms with Crippen LogP contribution in [0.1, 0.15) is 25.6 Å². The predicted molar refractivity (Wildman–Crippen MR) is 66.3 cm³/mol. The monoisotopic (exact) mass is 224 g/mol. The Bertz CT molecular complexity index is 305. The van der Waals surface area contributed by atoms with Gasteiger partial charge in [0.25, 0.3) is 0 Å². The van der Waals surface area contributed by atoms with Crippen LogP contribution in [0.2, 0.25) is 0 Å². The molecule has 0 bridgehead atoms. The van der Waals surface area contributed by atoms with Crippen molar-refractivity contribution in [3.63, 3.8) is 0 Å². The second-order valence-electron chi connectivity index (χ2n) is 5.05. The third-order valence-electron chi connectivity index (χ3n) is 3.16. The van der Waals surface area contributed by atoms with Gasteiger partial charge in [0, 0.05) is 36.1 Å². The second kappa shape index (κ2) is 4.24. The van der Waals surface area contributed by atoms with Gasteiger partial charge in [-0.05, 0) is 32.2 Å². The van der Waals surface area contributed by atoms with Gasteiger partial charge >= 0.3 is 0 Å². The molecule has 1 aliphatic rings. The van der Waals surface area contributed by atoms with Gasteiger partial charge < -0.3 is 5.32 Å². The molecule has 2 heterocycles. The van der Waals surface area contributed by atoms with Gasteiger partial charge in [-0.3, -0.25) is 4.90 Å². The summed E-state index contributed by atoms with van der Waals surface area (Å²) in [5.74, 6) is 0. The largest absolute Gasteiger partial charge is 0.311 e. The zero-order valence-electron chi connectivity index (χ0n) is 9.79. The maximum absolute atomic E-state index is 3.54. The molecular weight excluding hydrogens is 204 g/mol. The first-order valence-electron chi connectivity index (χ1n) is 5.59. The van der Waals surface area contributed by atoms with Crippen molar-refractivity contribution in [2.24, 2.45) is 0 Å². The van der Waals surface area contributed by atoms with Crippen LogP contribution >= 0.6 is 11.3 Å². The van der Waals surface area contributed by atoms with Crippen LogP contribution in [0.5, 0.6) is 0 Å². The molecule has 0 spiro atoms. The van der Waals surface area contributed by atoms with Crippen molar-refractivity contribution < 1.29 is 0 Å². The van der Waals surface area contributed by atoms with Crippen molar-refractivity contribution in [3.05, 3.63) is 22.4 Å². The maximum atomic E-state index is 3.54. The molecule has 0 aliphatic carbocycles. The van der Waals surface area contributed by atoms with E-state index in [0.29, 0.717) is 6.04 Å². The van der Waals surface area contributed by atoms with E-state index in [-0.39, 0.29) is 5.54 Å². The van der Waals surface area contributed by atoms with E-state index in [9.17, 15) is 0 Å². The third-order valence-corrected chi connectivity index (χ3v) is 4.02. The first-order chi connectivity index (χ1) is 7.08. The minimum absolute atomic E-state index is 0.274. The van der Waals surface area contributed by atoms with Gasteiger partial charge in [-0.1, -0.05) is 6.07 Å². The Morgan fingerprint density at radius 3 is 3.07 bits per heavy atom. The number of nitrogens with zero attached hydrogens (tertiary/aromatic N) is 1. The van der Waals surface area contributed by atoms with Crippen LogP contribution in [-0.4, -0.2) is 29.6 Å². The Morgan fingerprint density at radius 1 is 1.60 bits per heavy atom. The highest BCUT2D eigenvalue weighted by molar-refractivity contribution is 7.09. The lowest BCUT2D eigenvalue weighted by atomic mass is 9.98. The molecular formula is C12H20N2S. The van der Waals surface area contributed by atoms with Gasteiger partial charge in [0.15, 0.2) is 0 Å². The SMILES string of the molecule is CC1CN(Cc2cccs2)C(C)(C)CN1. The van der Waals surface area contributed by atoms with Crippen LogP contribution in [0.15, 0.2) is 17.5 Å². The van der Waals surface area contributed by atoms with Gasteiger partial charge in [0.05, 0.1) is 0 Å². The summed E-state index contributed by atoms with van der Waals surface area (Å²) in [6.07, 6.45) is 0. The van der Waals surface area contributed by atoms with E-state index in [2.05, 4.69) is 48.5 Å². The van der Waals surface area contributed by atoms with Crippen LogP contribution in [0.4, 0.5) is 0 Å². The summed E-state index contributed by atoms with van der Waals surface area (Å²) < 4.78 is 0. The van der Waals surface area contributed by atoms with E-state index in [1.54, 1.807) is 0 Å². The molecule has 15 heavy (non-hydrogen) atoms. The van der Waals surface area contributed by atoms with Crippen LogP contribution in [-0.2, 0) is 6.54 Å². The van der Waals surface area contributed by atoms with Crippen LogP contribution < -0.4 is 5.32 Å². The Hall–Kier alpha value is -0.380. The lowest BCUT2D eigenvalue weighted by Gasteiger charge is -2.45. The van der Waals surface area contributed by atoms with Gasteiger partial charge in [0.1, 0.15) is 0 Å². The van der Waals surface area contributed by atoms with Crippen molar-refractivity contribution >= 4 is 11.3 Å². The zero-order valence-corrected chi connectivity index (χ0v) is 10.6. The van der Waals surface area contributed by atoms with Crippen LogP contribution in [0, 0.1) is 0 Å². The van der Waals surface area contributed by atoms with Crippen LogP contribution in [0.3, 0.4) is 0 Å². The Kier molecular flexibility index (Phi) is 3.14. The number of hydrogen-bond donors (Lipinski definition) is 1. The molecule has 1 atom stereocenters. The fraction of sp³-hybridized carbons (Fsp3) is 0.667. The normalized spacial score (nSPS) is 26.7. The minimum Gasteiger partial charge on any atom is -0.311 e. The highest BCUT2D eigenvalue weighted by Crippen LogP contribution is 2.22. The van der Waals surface area contributed by atoms with Crippen molar-refractivity contribution in [1.82, 2.24) is 10.2 Å². The Morgan fingerprint density at radius 2 is 2.40 bits per heavy atom. The van der Waals surface area contributed by atoms with E-state index < -0.39 is 0 Å². The van der Waals surface area contributed by atoms with Gasteiger partial charge in [-0.25, -0.2) is 0 Å². The van der Waals surface area contributed by atoms with Crippen molar-refractivity contribution in [1.29, 1.82) is 0 Å². The van der Waals surface area contributed by atoms with Gasteiger partial charge in [-0.15, -0.1) is 11.3 Å². The molecule has 3 heteroatoms. The molecule has 1 N–H and O–H groups in total. The summed E-state index contributed by atoms with van der Waals surface area (Å²) in [7, 11) is 0. The number of thiophene rings is 1. The van der Waals surface area contributed by atoms with E-state index in [0.717, 1.165) is 19.6 Å². The molecule has 1 aromatic rings. The third kappa shape index (κ3) is 2.60. The lowest BCUT2D eigenvalue weighted by molar-refractivity contribution is 0.0636. The van der Waals surface area contributed by atoms with E-state index in [1.807, 2.05) is 11.3 Å². The van der Waals surface area contributed by atoms with E-state index in [1.165, 1.54) is 4.88 Å². The molecule has 0 radical (unpaired) electrons. The maximum Gasteiger partial charge on any atom is 0.0334 e. The Labute approximate surface area is 96.3 Å². The molecule has 2 rings (SSSR count). The number of nitrogens with one attached hydrogen (secondary N) is 1. The lowest BCUT2D eigenvalue weighted by Crippen LogP contribution is -2.60. The highest BCUT2D eigenvalue weighted by Gasteiger charge is 2.32. The van der Waals surface area contributed by atoms with Gasteiger partial charge in [0.2, 0.25) is 0 Å². The Balaban J connectivity index is 2.05. The number of hydrogen-bond acceptors (Lipinski definition) is 3. The smallest absolute Gasteiger partial charge is 0.0334 e. The van der Waals surface area contributed by atoms with Crippen LogP contribution in [0.25, 0.3) is 0 Å². The molecule has 1 fully saturated rings. The topological polar surface area (TPSA) is 15.3 Å². The number of piperazine rings is 1. The molecule has 1 aliphatic heterocycles. The molecule has 0 saturated carbocycles. The minimum atomic E-state index is 0.274. The summed E-state index contributed by atoms with van der Waals surface area (Å²) in [5, 5.41) is 5.70. The van der Waals surface area contributed by atoms with E-state index >= 15 is 0 Å². The average Bonchev–Trinajstić information content (AvgIpc) is 2.65. The average molecular weight is 224 g/mol. The summed E-state index contributed by atoms with van der Waals surface area (Å²) in [5.41, 5.74) is 0.274. The summed E-state index contributed by atoms with van der Waals surface area (Å²) >= 11 is 1.86. The quantitative estimate of drug-likeness (QED) is 0.829. The first kappa shape index (κ1) is 11.1. The van der Waals surface area contributed by atoms with Crippen molar-refractivity contribution in [2.45, 2.75) is 38.9 Å². The standard InChI is InChI=1S/C12H20N2S/c1-10-7-14(12(2,3)9-13-10)8-11-5-4-6-15-11/h4-6,10,13H,7-9H2,1-3H3. The molecule has 1 saturated heterocycles. The first-order valence-corrected chi connectivity index (χ1v) is 6.47. The number of rotatable bonds is 2. The molecule has 2 nitrogen and oxygen atoms in total. The van der Waals surface area contributed by atoms with Gasteiger partial charge in [-0.2, -0.15) is 0 Å². The van der Waals surface area contributed by atoms with Crippen molar-refractivity contribution in [2.75, 3.05) is 13.1 Å². The zero-order chi connectivity index (χ0) is 10.9. The van der Waals surface area contributed by atoms with Crippen molar-refractivity contribution in [3.8, 4) is 0 Å². The summed E-state index contributed by atoms with van der Waals surface area (Å²) in [6.45, 7) is 10.2. The second-order valence-corrected chi connectivity index (χ2v) is 6.09. The highest BCUT2D eigenvalue weighted by atomic mass is 32.1. The molecule has 0 aromatic carbocycles. The molecule has 84 valence electrons. The van der Waals surface area contributed by atoms with E-state index in [4.69, 9.17) is 0 Å².